The van der Waals surface area contributed by atoms with E-state index in [0.29, 0.717) is 5.71 Å². The Morgan fingerprint density at radius 3 is 3.08 bits per heavy atom. The van der Waals surface area contributed by atoms with Crippen LogP contribution in [0, 0.1) is 0 Å². The molecular weight excluding hydrogens is 171 g/mol. The van der Waals surface area contributed by atoms with E-state index >= 15 is 0 Å². The minimum Gasteiger partial charge on any atom is -0.399 e. The van der Waals surface area contributed by atoms with Crippen molar-refractivity contribution in [2.45, 2.75) is 6.42 Å². The van der Waals surface area contributed by atoms with Crippen LogP contribution in [0.3, 0.4) is 0 Å². The molecule has 1 aliphatic heterocycles. The van der Waals surface area contributed by atoms with Crippen LogP contribution in [0.1, 0.15) is 6.42 Å². The van der Waals surface area contributed by atoms with Gasteiger partial charge in [-0.15, -0.1) is 0 Å². The van der Waals surface area contributed by atoms with Gasteiger partial charge in [-0.25, -0.2) is 4.39 Å². The molecule has 0 aliphatic carbocycles. The predicted octanol–water partition coefficient (Wildman–Crippen LogP) is 1.22. The lowest BCUT2D eigenvalue weighted by atomic mass is 10.1. The highest BCUT2D eigenvalue weighted by atomic mass is 19.1. The normalized spacial score (nSPS) is 19.9. The summed E-state index contributed by atoms with van der Waals surface area (Å²) < 4.78 is 12.5. The van der Waals surface area contributed by atoms with E-state index in [-0.39, 0.29) is 0 Å². The third-order valence-corrected chi connectivity index (χ3v) is 2.04. The molecule has 0 unspecified atom stereocenters. The number of alkyl halides is 1. The second-order valence-electron chi connectivity index (χ2n) is 3.11. The fraction of sp³-hybridized carbons (Fsp3) is 0.667. The lowest BCUT2D eigenvalue weighted by Gasteiger charge is -2.22. The molecule has 0 aromatic rings. The summed E-state index contributed by atoms with van der Waals surface area (Å²) in [5.41, 5.74) is 1.35. The van der Waals surface area contributed by atoms with Crippen LogP contribution in [-0.2, 0) is 4.84 Å². The quantitative estimate of drug-likeness (QED) is 0.489. The standard InChI is InChI=1S/C9H15FN2O/c1-12-5-3-4-8(7-12)9(6-10)11-13-2/h4H,3,5-7H2,1-2H3/b11-9-. The van der Waals surface area contributed by atoms with Crippen LogP contribution in [0.25, 0.3) is 0 Å². The number of rotatable bonds is 3. The maximum Gasteiger partial charge on any atom is 0.135 e. The SMILES string of the molecule is CO/N=C(/CF)C1=CCCN(C)C1. The van der Waals surface area contributed by atoms with Crippen molar-refractivity contribution in [2.24, 2.45) is 5.16 Å². The summed E-state index contributed by atoms with van der Waals surface area (Å²) in [6.07, 6.45) is 2.98. The van der Waals surface area contributed by atoms with E-state index in [0.717, 1.165) is 25.1 Å². The fourth-order valence-corrected chi connectivity index (χ4v) is 1.38. The second kappa shape index (κ2) is 4.97. The Kier molecular flexibility index (Phi) is 3.89. The van der Waals surface area contributed by atoms with Gasteiger partial charge >= 0.3 is 0 Å². The molecule has 13 heavy (non-hydrogen) atoms. The van der Waals surface area contributed by atoms with Gasteiger partial charge in [0.25, 0.3) is 0 Å². The molecule has 4 heteroatoms. The van der Waals surface area contributed by atoms with Gasteiger partial charge in [-0.05, 0) is 19.0 Å². The summed E-state index contributed by atoms with van der Waals surface area (Å²) in [5, 5.41) is 3.65. The number of oxime groups is 1. The molecule has 1 aliphatic rings. The molecule has 0 atom stereocenters. The first-order valence-corrected chi connectivity index (χ1v) is 4.32. The van der Waals surface area contributed by atoms with Gasteiger partial charge in [0.05, 0.1) is 0 Å². The first-order valence-electron chi connectivity index (χ1n) is 4.32. The van der Waals surface area contributed by atoms with E-state index < -0.39 is 6.67 Å². The van der Waals surface area contributed by atoms with Gasteiger partial charge in [0, 0.05) is 13.1 Å². The van der Waals surface area contributed by atoms with Crippen molar-refractivity contribution in [3.05, 3.63) is 11.6 Å². The highest BCUT2D eigenvalue weighted by Crippen LogP contribution is 2.10. The Morgan fingerprint density at radius 1 is 1.77 bits per heavy atom. The topological polar surface area (TPSA) is 24.8 Å². The molecule has 1 heterocycles. The molecule has 0 spiro atoms. The maximum absolute atomic E-state index is 12.5. The predicted molar refractivity (Wildman–Crippen MR) is 50.6 cm³/mol. The van der Waals surface area contributed by atoms with Gasteiger partial charge in [0.15, 0.2) is 0 Å². The fourth-order valence-electron chi connectivity index (χ4n) is 1.38. The molecule has 0 N–H and O–H groups in total. The van der Waals surface area contributed by atoms with Crippen molar-refractivity contribution in [2.75, 3.05) is 33.9 Å². The summed E-state index contributed by atoms with van der Waals surface area (Å²) in [6.45, 7) is 1.22. The zero-order chi connectivity index (χ0) is 9.68. The van der Waals surface area contributed by atoms with Crippen molar-refractivity contribution in [3.63, 3.8) is 0 Å². The molecule has 0 aromatic carbocycles. The summed E-state index contributed by atoms with van der Waals surface area (Å²) in [4.78, 5) is 6.71. The van der Waals surface area contributed by atoms with Crippen molar-refractivity contribution in [1.29, 1.82) is 0 Å². The minimum absolute atomic E-state index is 0.411. The van der Waals surface area contributed by atoms with E-state index in [4.69, 9.17) is 0 Å². The third kappa shape index (κ3) is 2.81. The Labute approximate surface area is 77.9 Å². The Balaban J connectivity index is 2.68. The summed E-state index contributed by atoms with van der Waals surface area (Å²) >= 11 is 0. The molecule has 0 bridgehead atoms. The number of likely N-dealkylation sites (N-methyl/N-ethyl adjacent to an activating group) is 1. The molecule has 0 saturated carbocycles. The van der Waals surface area contributed by atoms with E-state index in [1.54, 1.807) is 0 Å². The maximum atomic E-state index is 12.5. The number of hydrogen-bond acceptors (Lipinski definition) is 3. The first-order chi connectivity index (χ1) is 6.27. The number of halogens is 1. The highest BCUT2D eigenvalue weighted by Gasteiger charge is 2.13. The number of nitrogens with zero attached hydrogens (tertiary/aromatic N) is 2. The van der Waals surface area contributed by atoms with E-state index in [2.05, 4.69) is 14.9 Å². The highest BCUT2D eigenvalue weighted by molar-refractivity contribution is 6.01. The van der Waals surface area contributed by atoms with Gasteiger partial charge in [0.2, 0.25) is 0 Å². The van der Waals surface area contributed by atoms with Crippen molar-refractivity contribution >= 4 is 5.71 Å². The van der Waals surface area contributed by atoms with Crippen LogP contribution in [0.5, 0.6) is 0 Å². The van der Waals surface area contributed by atoms with Crippen LogP contribution in [-0.4, -0.2) is 44.5 Å². The molecule has 0 amide bonds. The van der Waals surface area contributed by atoms with Crippen molar-refractivity contribution in [1.82, 2.24) is 4.90 Å². The Bertz CT molecular complexity index is 226. The van der Waals surface area contributed by atoms with Gasteiger partial charge in [-0.2, -0.15) is 0 Å². The lowest BCUT2D eigenvalue weighted by Crippen LogP contribution is -2.29. The van der Waals surface area contributed by atoms with Crippen molar-refractivity contribution < 1.29 is 9.23 Å². The minimum atomic E-state index is -0.562. The Hall–Kier alpha value is -0.900. The van der Waals surface area contributed by atoms with Crippen LogP contribution in [0.2, 0.25) is 0 Å². The van der Waals surface area contributed by atoms with Gasteiger partial charge in [0.1, 0.15) is 19.5 Å². The zero-order valence-electron chi connectivity index (χ0n) is 8.09. The lowest BCUT2D eigenvalue weighted by molar-refractivity contribution is 0.211. The van der Waals surface area contributed by atoms with Gasteiger partial charge in [-0.1, -0.05) is 11.2 Å². The van der Waals surface area contributed by atoms with Crippen molar-refractivity contribution in [3.8, 4) is 0 Å². The zero-order valence-corrected chi connectivity index (χ0v) is 8.09. The average molecular weight is 186 g/mol. The van der Waals surface area contributed by atoms with Gasteiger partial charge in [-0.3, -0.25) is 0 Å². The second-order valence-corrected chi connectivity index (χ2v) is 3.11. The van der Waals surface area contributed by atoms with Crippen LogP contribution >= 0.6 is 0 Å². The Morgan fingerprint density at radius 2 is 2.54 bits per heavy atom. The van der Waals surface area contributed by atoms with Crippen LogP contribution < -0.4 is 0 Å². The average Bonchev–Trinajstić information content (AvgIpc) is 2.14. The molecule has 0 saturated heterocycles. The van der Waals surface area contributed by atoms with Gasteiger partial charge < -0.3 is 9.74 Å². The number of hydrogen-bond donors (Lipinski definition) is 0. The first kappa shape index (κ1) is 10.2. The molecule has 3 nitrogen and oxygen atoms in total. The summed E-state index contributed by atoms with van der Waals surface area (Å²) in [7, 11) is 3.44. The summed E-state index contributed by atoms with van der Waals surface area (Å²) in [6, 6.07) is 0. The molecule has 74 valence electrons. The molecule has 1 rings (SSSR count). The third-order valence-electron chi connectivity index (χ3n) is 2.04. The summed E-state index contributed by atoms with van der Waals surface area (Å²) in [5.74, 6) is 0. The van der Waals surface area contributed by atoms with E-state index in [1.807, 2.05) is 13.1 Å². The largest absolute Gasteiger partial charge is 0.399 e. The van der Waals surface area contributed by atoms with Crippen LogP contribution in [0.15, 0.2) is 16.8 Å². The molecule has 0 fully saturated rings. The van der Waals surface area contributed by atoms with E-state index in [1.165, 1.54) is 7.11 Å². The molecule has 0 aromatic heterocycles. The smallest absolute Gasteiger partial charge is 0.135 e. The van der Waals surface area contributed by atoms with Crippen LogP contribution in [0.4, 0.5) is 4.39 Å². The van der Waals surface area contributed by atoms with E-state index in [9.17, 15) is 4.39 Å². The monoisotopic (exact) mass is 186 g/mol. The molecule has 0 radical (unpaired) electrons. The molecular formula is C9H15FN2O.